The second kappa shape index (κ2) is 19.9. The Labute approximate surface area is 393 Å². The van der Waals surface area contributed by atoms with Crippen LogP contribution in [0.2, 0.25) is 20.1 Å². The van der Waals surface area contributed by atoms with Crippen molar-refractivity contribution in [3.63, 3.8) is 0 Å². The van der Waals surface area contributed by atoms with Crippen molar-refractivity contribution in [1.29, 1.82) is 0 Å². The maximum Gasteiger partial charge on any atom is 0.255 e. The van der Waals surface area contributed by atoms with Gasteiger partial charge in [0.15, 0.2) is 0 Å². The molecule has 2 saturated carbocycles. The average Bonchev–Trinajstić information content (AvgIpc) is 4.21. The SMILES string of the molecule is C=CC[C@@]1(C)O[C@H](c2cccc(Cl)c2)C(c2ccc(Cl)c(F)c2)N([C@H](CO)C2CC2)C1=O.C=CC[C@]1(C)O[C@H](c2cccc(Cl)c2)C(c2ccc(Cl)c(F)c2)N([C@H](CO)C2CC2)C1=O. The second-order valence-electron chi connectivity index (χ2n) is 17.5. The molecule has 14 heteroatoms. The summed E-state index contributed by atoms with van der Waals surface area (Å²) in [6, 6.07) is 21.4. The maximum atomic E-state index is 14.5. The van der Waals surface area contributed by atoms with Crippen LogP contribution in [0.4, 0.5) is 8.78 Å². The molecule has 0 spiro atoms. The van der Waals surface area contributed by atoms with Crippen molar-refractivity contribution in [3.05, 3.63) is 164 Å². The summed E-state index contributed by atoms with van der Waals surface area (Å²) in [7, 11) is 0. The van der Waals surface area contributed by atoms with Gasteiger partial charge in [-0.2, -0.15) is 0 Å². The summed E-state index contributed by atoms with van der Waals surface area (Å²) in [5.41, 5.74) is 0.253. The quantitative estimate of drug-likeness (QED) is 0.122. The van der Waals surface area contributed by atoms with Crippen LogP contribution in [0.5, 0.6) is 0 Å². The predicted molar refractivity (Wildman–Crippen MR) is 246 cm³/mol. The number of morpholine rings is 2. The summed E-state index contributed by atoms with van der Waals surface area (Å²) in [4.78, 5) is 31.1. The summed E-state index contributed by atoms with van der Waals surface area (Å²) in [5, 5.41) is 21.7. The van der Waals surface area contributed by atoms with Crippen molar-refractivity contribution in [2.75, 3.05) is 13.2 Å². The molecule has 4 aliphatic rings. The van der Waals surface area contributed by atoms with Crippen LogP contribution >= 0.6 is 46.4 Å². The van der Waals surface area contributed by atoms with Crippen molar-refractivity contribution >= 4 is 58.2 Å². The molecule has 2 amide bonds. The predicted octanol–water partition coefficient (Wildman–Crippen LogP) is 11.8. The van der Waals surface area contributed by atoms with Gasteiger partial charge in [-0.25, -0.2) is 8.78 Å². The van der Waals surface area contributed by atoms with Crippen molar-refractivity contribution < 1.29 is 38.1 Å². The number of nitrogens with zero attached hydrogens (tertiary/aromatic N) is 2. The summed E-state index contributed by atoms with van der Waals surface area (Å²) in [5.74, 6) is -1.27. The molecule has 340 valence electrons. The number of aliphatic hydroxyl groups is 2. The van der Waals surface area contributed by atoms with Crippen LogP contribution < -0.4 is 0 Å². The normalized spacial score (nSPS) is 26.8. The van der Waals surface area contributed by atoms with Crippen molar-refractivity contribution in [2.45, 2.75) is 99.9 Å². The molecular formula is C50H52Cl4F2N2O6. The van der Waals surface area contributed by atoms with E-state index in [4.69, 9.17) is 55.9 Å². The van der Waals surface area contributed by atoms with Gasteiger partial charge in [0.1, 0.15) is 35.0 Å². The summed E-state index contributed by atoms with van der Waals surface area (Å²) >= 11 is 24.4. The van der Waals surface area contributed by atoms with E-state index in [2.05, 4.69) is 13.2 Å². The number of halogens is 6. The number of hydrogen-bond acceptors (Lipinski definition) is 6. The fraction of sp³-hybridized carbons (Fsp3) is 0.400. The number of rotatable bonds is 14. The first-order chi connectivity index (χ1) is 30.6. The molecule has 4 fully saturated rings. The van der Waals surface area contributed by atoms with Crippen LogP contribution in [0.1, 0.15) is 98.9 Å². The summed E-state index contributed by atoms with van der Waals surface area (Å²) in [6.07, 6.45) is 6.34. The van der Waals surface area contributed by atoms with Crippen molar-refractivity contribution in [2.24, 2.45) is 11.8 Å². The molecule has 2 aliphatic heterocycles. The third kappa shape index (κ3) is 9.96. The third-order valence-corrected chi connectivity index (χ3v) is 13.8. The van der Waals surface area contributed by atoms with Crippen LogP contribution in [-0.4, -0.2) is 68.3 Å². The topological polar surface area (TPSA) is 99.5 Å². The van der Waals surface area contributed by atoms with E-state index in [1.54, 1.807) is 72.2 Å². The zero-order valence-corrected chi connectivity index (χ0v) is 38.6. The van der Waals surface area contributed by atoms with Crippen molar-refractivity contribution in [3.8, 4) is 0 Å². The highest BCUT2D eigenvalue weighted by Gasteiger charge is 2.56. The van der Waals surface area contributed by atoms with Crippen LogP contribution in [0.15, 0.2) is 110 Å². The largest absolute Gasteiger partial charge is 0.394 e. The van der Waals surface area contributed by atoms with Gasteiger partial charge in [0.2, 0.25) is 0 Å². The number of carbonyl (C=O) groups is 2. The molecule has 2 heterocycles. The van der Waals surface area contributed by atoms with E-state index in [0.29, 0.717) is 34.0 Å². The second-order valence-corrected chi connectivity index (χ2v) is 19.2. The fourth-order valence-electron chi connectivity index (χ4n) is 9.24. The van der Waals surface area contributed by atoms with Gasteiger partial charge in [0, 0.05) is 22.9 Å². The molecular weight excluding hydrogens is 904 g/mol. The molecule has 4 aromatic rings. The van der Waals surface area contributed by atoms with Gasteiger partial charge in [-0.05, 0) is 122 Å². The van der Waals surface area contributed by atoms with Gasteiger partial charge >= 0.3 is 0 Å². The molecule has 8 atom stereocenters. The van der Waals surface area contributed by atoms with E-state index in [1.165, 1.54) is 24.3 Å². The minimum atomic E-state index is -1.18. The zero-order valence-electron chi connectivity index (χ0n) is 35.6. The molecule has 2 N–H and O–H groups in total. The lowest BCUT2D eigenvalue weighted by Crippen LogP contribution is -2.61. The Morgan fingerprint density at radius 2 is 1.02 bits per heavy atom. The summed E-state index contributed by atoms with van der Waals surface area (Å²) in [6.45, 7) is 10.7. The van der Waals surface area contributed by atoms with E-state index in [0.717, 1.165) is 36.8 Å². The minimum absolute atomic E-state index is 0.0000525. The highest BCUT2D eigenvalue weighted by atomic mass is 35.5. The lowest BCUT2D eigenvalue weighted by atomic mass is 9.85. The Bertz CT molecular complexity index is 2220. The van der Waals surface area contributed by atoms with Gasteiger partial charge in [-0.15, -0.1) is 13.2 Å². The number of amides is 2. The Hall–Kier alpha value is -3.84. The molecule has 0 aromatic heterocycles. The van der Waals surface area contributed by atoms with Gasteiger partial charge < -0.3 is 29.5 Å². The molecule has 2 aliphatic carbocycles. The Morgan fingerprint density at radius 3 is 1.31 bits per heavy atom. The molecule has 0 radical (unpaired) electrons. The summed E-state index contributed by atoms with van der Waals surface area (Å²) < 4.78 is 42.0. The Morgan fingerprint density at radius 1 is 0.641 bits per heavy atom. The van der Waals surface area contributed by atoms with Crippen LogP contribution in [0.25, 0.3) is 0 Å². The van der Waals surface area contributed by atoms with E-state index in [1.807, 2.05) is 24.3 Å². The molecule has 4 aromatic carbocycles. The van der Waals surface area contributed by atoms with E-state index in [-0.39, 0.29) is 46.9 Å². The maximum absolute atomic E-state index is 14.5. The smallest absolute Gasteiger partial charge is 0.255 e. The fourth-order valence-corrected chi connectivity index (χ4v) is 9.87. The first-order valence-corrected chi connectivity index (χ1v) is 22.9. The molecule has 2 unspecified atom stereocenters. The lowest BCUT2D eigenvalue weighted by Gasteiger charge is -2.51. The van der Waals surface area contributed by atoms with Gasteiger partial charge in [0.05, 0.1) is 47.4 Å². The number of carbonyl (C=O) groups excluding carboxylic acids is 2. The number of hydrogen-bond donors (Lipinski definition) is 2. The van der Waals surface area contributed by atoms with Crippen molar-refractivity contribution in [1.82, 2.24) is 9.80 Å². The number of ether oxygens (including phenoxy) is 2. The molecule has 0 bridgehead atoms. The highest BCUT2D eigenvalue weighted by molar-refractivity contribution is 6.31. The van der Waals surface area contributed by atoms with Gasteiger partial charge in [-0.3, -0.25) is 9.59 Å². The molecule has 64 heavy (non-hydrogen) atoms. The van der Waals surface area contributed by atoms with Crippen LogP contribution in [0, 0.1) is 23.5 Å². The van der Waals surface area contributed by atoms with Crippen LogP contribution in [-0.2, 0) is 19.1 Å². The third-order valence-electron chi connectivity index (χ3n) is 12.7. The van der Waals surface area contributed by atoms with E-state index < -0.39 is 59.2 Å². The van der Waals surface area contributed by atoms with Gasteiger partial charge in [-0.1, -0.05) is 95.0 Å². The lowest BCUT2D eigenvalue weighted by molar-refractivity contribution is -0.204. The highest BCUT2D eigenvalue weighted by Crippen LogP contribution is 2.52. The Balaban J connectivity index is 0.000000191. The standard InChI is InChI=1S/2C25H26Cl2FNO3/c2*1-3-11-25(2)24(31)29(21(14-30)15-7-8-15)22(16-9-10-19(27)20(28)13-16)23(32-25)17-5-4-6-18(26)12-17/h2*3-6,9-10,12-13,15,21-23,30H,1,7-8,11,14H2,2H3/t21-,22?,23-,25+;21-,22?,23-,25-/m11/s1. The first-order valence-electron chi connectivity index (χ1n) is 21.4. The van der Waals surface area contributed by atoms with Crippen LogP contribution in [0.3, 0.4) is 0 Å². The van der Waals surface area contributed by atoms with Gasteiger partial charge in [0.25, 0.3) is 11.8 Å². The monoisotopic (exact) mass is 954 g/mol. The number of aliphatic hydroxyl groups excluding tert-OH is 2. The molecule has 2 saturated heterocycles. The number of benzene rings is 4. The first kappa shape index (κ1) is 48.1. The average molecular weight is 957 g/mol. The minimum Gasteiger partial charge on any atom is -0.394 e. The molecule has 8 rings (SSSR count). The van der Waals surface area contributed by atoms with E-state index >= 15 is 0 Å². The van der Waals surface area contributed by atoms with E-state index in [9.17, 15) is 28.6 Å². The Kier molecular flexibility index (Phi) is 15.0. The zero-order chi connectivity index (χ0) is 46.1. The molecule has 8 nitrogen and oxygen atoms in total.